The zero-order valence-corrected chi connectivity index (χ0v) is 17.0. The second kappa shape index (κ2) is 6.73. The number of carbonyl (C=O) groups excluding carboxylic acids is 3. The van der Waals surface area contributed by atoms with E-state index in [1.165, 1.54) is 4.90 Å². The Balaban J connectivity index is 1.77. The maximum atomic E-state index is 13.1. The molecule has 7 nitrogen and oxygen atoms in total. The summed E-state index contributed by atoms with van der Waals surface area (Å²) in [5.74, 6) is -0.673. The molecule has 0 fully saturated rings. The summed E-state index contributed by atoms with van der Waals surface area (Å²) in [4.78, 5) is 39.0. The van der Waals surface area contributed by atoms with E-state index in [-0.39, 0.29) is 22.3 Å². The summed E-state index contributed by atoms with van der Waals surface area (Å²) in [6.45, 7) is 5.51. The van der Waals surface area contributed by atoms with E-state index in [0.717, 1.165) is 28.6 Å². The fraction of sp³-hybridized carbons (Fsp3) is 0.238. The fourth-order valence-corrected chi connectivity index (χ4v) is 4.31. The Hall–Kier alpha value is -3.13. The van der Waals surface area contributed by atoms with Crippen LogP contribution in [0.25, 0.3) is 0 Å². The number of benzene rings is 2. The zero-order chi connectivity index (χ0) is 20.9. The molecule has 2 aromatic carbocycles. The molecule has 1 unspecified atom stereocenters. The number of anilines is 2. The van der Waals surface area contributed by atoms with Crippen LogP contribution < -0.4 is 16.1 Å². The number of rotatable bonds is 2. The predicted octanol–water partition coefficient (Wildman–Crippen LogP) is 3.28. The van der Waals surface area contributed by atoms with Gasteiger partial charge < -0.3 is 5.73 Å². The highest BCUT2D eigenvalue weighted by atomic mass is 32.2. The lowest BCUT2D eigenvalue weighted by Gasteiger charge is -2.20. The largest absolute Gasteiger partial charge is 0.399 e. The lowest BCUT2D eigenvalue weighted by atomic mass is 9.85. The summed E-state index contributed by atoms with van der Waals surface area (Å²) in [5.41, 5.74) is 11.1. The molecule has 2 aromatic rings. The van der Waals surface area contributed by atoms with E-state index < -0.39 is 5.41 Å². The van der Waals surface area contributed by atoms with Crippen LogP contribution in [0.3, 0.4) is 0 Å². The Morgan fingerprint density at radius 3 is 2.52 bits per heavy atom. The molecule has 2 aliphatic heterocycles. The molecule has 4 rings (SSSR count). The zero-order valence-electron chi connectivity index (χ0n) is 16.2. The predicted molar refractivity (Wildman–Crippen MR) is 114 cm³/mol. The quantitative estimate of drug-likeness (QED) is 0.586. The number of nitrogen functional groups attached to an aromatic ring is 1. The molecule has 1 atom stereocenters. The Labute approximate surface area is 172 Å². The topological polar surface area (TPSA) is 105 Å². The summed E-state index contributed by atoms with van der Waals surface area (Å²) in [7, 11) is 0. The second-order valence-electron chi connectivity index (χ2n) is 7.58. The molecule has 0 aromatic heterocycles. The monoisotopic (exact) mass is 408 g/mol. The van der Waals surface area contributed by atoms with Gasteiger partial charge in [0.1, 0.15) is 0 Å². The Morgan fingerprint density at radius 2 is 1.86 bits per heavy atom. The second-order valence-corrected chi connectivity index (χ2v) is 8.89. The minimum atomic E-state index is -0.871. The number of fused-ring (bicyclic) bond motifs is 1. The number of hydrogen-bond acceptors (Lipinski definition) is 6. The fourth-order valence-electron chi connectivity index (χ4n) is 3.59. The van der Waals surface area contributed by atoms with Crippen LogP contribution in [0.2, 0.25) is 0 Å². The van der Waals surface area contributed by atoms with Crippen molar-refractivity contribution in [2.45, 2.75) is 31.4 Å². The highest BCUT2D eigenvalue weighted by Crippen LogP contribution is 2.43. The number of carbonyl (C=O) groups is 3. The normalized spacial score (nSPS) is 20.2. The smallest absolute Gasteiger partial charge is 0.299 e. The summed E-state index contributed by atoms with van der Waals surface area (Å²) in [6, 6.07) is 12.0. The van der Waals surface area contributed by atoms with Crippen LogP contribution >= 0.6 is 11.8 Å². The van der Waals surface area contributed by atoms with Crippen LogP contribution in [0, 0.1) is 0 Å². The van der Waals surface area contributed by atoms with E-state index in [1.54, 1.807) is 44.2 Å². The molecular formula is C21H20N4O3S. The summed E-state index contributed by atoms with van der Waals surface area (Å²) in [6.07, 6.45) is 0. The number of imide groups is 1. The van der Waals surface area contributed by atoms with Gasteiger partial charge in [0.2, 0.25) is 5.91 Å². The maximum Gasteiger partial charge on any atom is 0.299 e. The van der Waals surface area contributed by atoms with E-state index in [4.69, 9.17) is 5.73 Å². The molecule has 2 aliphatic rings. The van der Waals surface area contributed by atoms with Gasteiger partial charge in [0.05, 0.1) is 22.1 Å². The van der Waals surface area contributed by atoms with Crippen LogP contribution in [0.5, 0.6) is 0 Å². The van der Waals surface area contributed by atoms with Crippen molar-refractivity contribution >= 4 is 45.9 Å². The molecule has 0 spiro atoms. The molecule has 3 amide bonds. The van der Waals surface area contributed by atoms with Crippen LogP contribution in [0.15, 0.2) is 47.6 Å². The number of amides is 3. The molecule has 0 bridgehead atoms. The molecule has 3 N–H and O–H groups in total. The third-order valence-electron chi connectivity index (χ3n) is 5.24. The average molecular weight is 408 g/mol. The lowest BCUT2D eigenvalue weighted by Crippen LogP contribution is -2.40. The van der Waals surface area contributed by atoms with E-state index in [1.807, 2.05) is 19.1 Å². The molecular weight excluding hydrogens is 388 g/mol. The van der Waals surface area contributed by atoms with Gasteiger partial charge in [-0.1, -0.05) is 17.8 Å². The molecule has 0 saturated heterocycles. The van der Waals surface area contributed by atoms with Crippen molar-refractivity contribution in [3.63, 3.8) is 0 Å². The maximum absolute atomic E-state index is 13.1. The highest BCUT2D eigenvalue weighted by molar-refractivity contribution is 8.14. The molecule has 0 saturated carbocycles. The van der Waals surface area contributed by atoms with Crippen LogP contribution in [0.1, 0.15) is 42.3 Å². The van der Waals surface area contributed by atoms with Crippen molar-refractivity contribution in [2.75, 3.05) is 10.6 Å². The van der Waals surface area contributed by atoms with Crippen molar-refractivity contribution in [1.82, 2.24) is 5.43 Å². The van der Waals surface area contributed by atoms with Gasteiger partial charge in [-0.05, 0) is 68.3 Å². The van der Waals surface area contributed by atoms with Crippen molar-refractivity contribution in [1.29, 1.82) is 0 Å². The van der Waals surface area contributed by atoms with Crippen molar-refractivity contribution < 1.29 is 14.4 Å². The minimum Gasteiger partial charge on any atom is -0.399 e. The number of hydrazone groups is 1. The first kappa shape index (κ1) is 19.2. The SMILES string of the molecule is CC1SC(=O)NN=C1c1ccc2c(c1)C(C)(C)C(=O)N2C(=O)c1ccc(N)cc1. The number of hydrogen-bond donors (Lipinski definition) is 2. The average Bonchev–Trinajstić information content (AvgIpc) is 2.88. The molecule has 2 heterocycles. The van der Waals surface area contributed by atoms with Gasteiger partial charge in [0.15, 0.2) is 0 Å². The Bertz CT molecular complexity index is 1080. The third-order valence-corrected chi connectivity index (χ3v) is 6.12. The summed E-state index contributed by atoms with van der Waals surface area (Å²) < 4.78 is 0. The van der Waals surface area contributed by atoms with E-state index >= 15 is 0 Å². The lowest BCUT2D eigenvalue weighted by molar-refractivity contribution is -0.121. The van der Waals surface area contributed by atoms with E-state index in [9.17, 15) is 14.4 Å². The first-order valence-corrected chi connectivity index (χ1v) is 10.0. The van der Waals surface area contributed by atoms with Gasteiger partial charge in [-0.25, -0.2) is 10.3 Å². The van der Waals surface area contributed by atoms with Crippen molar-refractivity contribution in [3.8, 4) is 0 Å². The molecule has 0 aliphatic carbocycles. The minimum absolute atomic E-state index is 0.116. The van der Waals surface area contributed by atoms with E-state index in [0.29, 0.717) is 16.9 Å². The van der Waals surface area contributed by atoms with Crippen LogP contribution in [-0.4, -0.2) is 28.0 Å². The van der Waals surface area contributed by atoms with Gasteiger partial charge in [0, 0.05) is 11.3 Å². The number of nitrogens with zero attached hydrogens (tertiary/aromatic N) is 2. The highest BCUT2D eigenvalue weighted by Gasteiger charge is 2.47. The van der Waals surface area contributed by atoms with E-state index in [2.05, 4.69) is 10.5 Å². The molecule has 8 heteroatoms. The van der Waals surface area contributed by atoms with Gasteiger partial charge in [-0.2, -0.15) is 5.10 Å². The van der Waals surface area contributed by atoms with Gasteiger partial charge in [0.25, 0.3) is 11.1 Å². The van der Waals surface area contributed by atoms with Crippen LogP contribution in [-0.2, 0) is 10.2 Å². The van der Waals surface area contributed by atoms with Crippen molar-refractivity contribution in [2.24, 2.45) is 5.10 Å². The first-order chi connectivity index (χ1) is 13.7. The summed E-state index contributed by atoms with van der Waals surface area (Å²) in [5, 5.41) is 3.87. The van der Waals surface area contributed by atoms with Gasteiger partial charge in [-0.3, -0.25) is 14.4 Å². The first-order valence-electron chi connectivity index (χ1n) is 9.13. The molecule has 29 heavy (non-hydrogen) atoms. The molecule has 148 valence electrons. The third kappa shape index (κ3) is 3.09. The Kier molecular flexibility index (Phi) is 4.46. The van der Waals surface area contributed by atoms with Crippen LogP contribution in [0.4, 0.5) is 16.2 Å². The molecule has 0 radical (unpaired) electrons. The standard InChI is InChI=1S/C21H20N4O3S/c1-11-17(23-24-20(28)29-11)13-6-9-16-15(10-13)21(2,3)19(27)25(16)18(26)12-4-7-14(22)8-5-12/h4-11H,22H2,1-3H3,(H,24,28). The summed E-state index contributed by atoms with van der Waals surface area (Å²) >= 11 is 1.16. The Morgan fingerprint density at radius 1 is 1.17 bits per heavy atom. The number of nitrogens with one attached hydrogen (secondary N) is 1. The van der Waals surface area contributed by atoms with Gasteiger partial charge >= 0.3 is 0 Å². The number of nitrogens with two attached hydrogens (primary N) is 1. The van der Waals surface area contributed by atoms with Crippen molar-refractivity contribution in [3.05, 3.63) is 59.2 Å². The number of thioether (sulfide) groups is 1. The van der Waals surface area contributed by atoms with Gasteiger partial charge in [-0.15, -0.1) is 0 Å².